The summed E-state index contributed by atoms with van der Waals surface area (Å²) in [5, 5.41) is 3.51. The Labute approximate surface area is 117 Å². The number of benzene rings is 2. The molecule has 4 heteroatoms. The summed E-state index contributed by atoms with van der Waals surface area (Å²) in [5.41, 5.74) is 1.65. The van der Waals surface area contributed by atoms with Crippen LogP contribution in [0.3, 0.4) is 0 Å². The molecule has 0 spiro atoms. The SMILES string of the molecule is CC(NC(=O)c1cccc(Cl)c1)c1ccccc1.O. The van der Waals surface area contributed by atoms with Gasteiger partial charge in [0.15, 0.2) is 0 Å². The van der Waals surface area contributed by atoms with Crippen LogP contribution in [0.1, 0.15) is 28.9 Å². The van der Waals surface area contributed by atoms with E-state index in [4.69, 9.17) is 11.6 Å². The molecular formula is C15H16ClNO2. The van der Waals surface area contributed by atoms with Crippen molar-refractivity contribution >= 4 is 17.5 Å². The Morgan fingerprint density at radius 1 is 1.11 bits per heavy atom. The Kier molecular flexibility index (Phi) is 5.55. The quantitative estimate of drug-likeness (QED) is 0.921. The van der Waals surface area contributed by atoms with Gasteiger partial charge < -0.3 is 10.8 Å². The third-order valence-corrected chi connectivity index (χ3v) is 2.97. The third kappa shape index (κ3) is 4.09. The first kappa shape index (κ1) is 15.2. The first-order valence-electron chi connectivity index (χ1n) is 5.78. The minimum Gasteiger partial charge on any atom is -0.412 e. The van der Waals surface area contributed by atoms with Gasteiger partial charge in [-0.3, -0.25) is 4.79 Å². The van der Waals surface area contributed by atoms with Crippen molar-refractivity contribution < 1.29 is 10.3 Å². The van der Waals surface area contributed by atoms with E-state index in [1.54, 1.807) is 24.3 Å². The molecule has 0 aliphatic heterocycles. The van der Waals surface area contributed by atoms with Gasteiger partial charge in [-0.1, -0.05) is 48.0 Å². The highest BCUT2D eigenvalue weighted by molar-refractivity contribution is 6.30. The minimum absolute atomic E-state index is 0. The summed E-state index contributed by atoms with van der Waals surface area (Å²) in [6, 6.07) is 16.7. The summed E-state index contributed by atoms with van der Waals surface area (Å²) in [6.45, 7) is 1.96. The molecule has 0 fully saturated rings. The lowest BCUT2D eigenvalue weighted by Gasteiger charge is -2.14. The van der Waals surface area contributed by atoms with Gasteiger partial charge in [0.2, 0.25) is 0 Å². The lowest BCUT2D eigenvalue weighted by molar-refractivity contribution is 0.0940. The van der Waals surface area contributed by atoms with Gasteiger partial charge in [-0.05, 0) is 30.7 Å². The van der Waals surface area contributed by atoms with Crippen molar-refractivity contribution in [2.75, 3.05) is 0 Å². The van der Waals surface area contributed by atoms with E-state index in [0.29, 0.717) is 10.6 Å². The van der Waals surface area contributed by atoms with E-state index < -0.39 is 0 Å². The molecule has 19 heavy (non-hydrogen) atoms. The van der Waals surface area contributed by atoms with Gasteiger partial charge in [0.1, 0.15) is 0 Å². The molecule has 0 aliphatic rings. The highest BCUT2D eigenvalue weighted by atomic mass is 35.5. The summed E-state index contributed by atoms with van der Waals surface area (Å²) in [4.78, 5) is 12.0. The van der Waals surface area contributed by atoms with Crippen molar-refractivity contribution in [3.63, 3.8) is 0 Å². The van der Waals surface area contributed by atoms with Gasteiger partial charge in [0, 0.05) is 10.6 Å². The first-order chi connectivity index (χ1) is 8.66. The van der Waals surface area contributed by atoms with Gasteiger partial charge in [-0.15, -0.1) is 0 Å². The van der Waals surface area contributed by atoms with Gasteiger partial charge in [-0.25, -0.2) is 0 Å². The minimum atomic E-state index is -0.117. The maximum absolute atomic E-state index is 12.0. The largest absolute Gasteiger partial charge is 0.412 e. The van der Waals surface area contributed by atoms with Crippen LogP contribution in [0.25, 0.3) is 0 Å². The van der Waals surface area contributed by atoms with E-state index in [0.717, 1.165) is 5.56 Å². The maximum atomic E-state index is 12.0. The topological polar surface area (TPSA) is 60.6 Å². The van der Waals surface area contributed by atoms with Crippen LogP contribution in [-0.4, -0.2) is 11.4 Å². The zero-order valence-corrected chi connectivity index (χ0v) is 11.3. The maximum Gasteiger partial charge on any atom is 0.251 e. The number of halogens is 1. The molecule has 1 atom stereocenters. The second-order valence-corrected chi connectivity index (χ2v) is 4.55. The number of rotatable bonds is 3. The standard InChI is InChI=1S/C15H14ClNO.H2O/c1-11(12-6-3-2-4-7-12)17-15(18)13-8-5-9-14(16)10-13;/h2-11H,1H3,(H,17,18);1H2. The fourth-order valence-corrected chi connectivity index (χ4v) is 1.93. The molecule has 2 rings (SSSR count). The van der Waals surface area contributed by atoms with Crippen molar-refractivity contribution in [1.82, 2.24) is 5.32 Å². The third-order valence-electron chi connectivity index (χ3n) is 2.73. The summed E-state index contributed by atoms with van der Waals surface area (Å²) in [5.74, 6) is -0.117. The smallest absolute Gasteiger partial charge is 0.251 e. The number of nitrogens with one attached hydrogen (secondary N) is 1. The first-order valence-corrected chi connectivity index (χ1v) is 6.16. The molecule has 3 nitrogen and oxygen atoms in total. The van der Waals surface area contributed by atoms with E-state index in [1.807, 2.05) is 37.3 Å². The van der Waals surface area contributed by atoms with Crippen molar-refractivity contribution in [2.45, 2.75) is 13.0 Å². The second-order valence-electron chi connectivity index (χ2n) is 4.12. The van der Waals surface area contributed by atoms with Crippen LogP contribution in [0.15, 0.2) is 54.6 Å². The molecule has 0 aliphatic carbocycles. The Hall–Kier alpha value is -1.84. The molecule has 0 aromatic heterocycles. The summed E-state index contributed by atoms with van der Waals surface area (Å²) >= 11 is 5.86. The Morgan fingerprint density at radius 3 is 2.42 bits per heavy atom. The molecule has 0 saturated heterocycles. The predicted molar refractivity (Wildman–Crippen MR) is 77.4 cm³/mol. The normalized spacial score (nSPS) is 11.3. The predicted octanol–water partition coefficient (Wildman–Crippen LogP) is 3.01. The van der Waals surface area contributed by atoms with Crippen molar-refractivity contribution in [3.05, 3.63) is 70.7 Å². The van der Waals surface area contributed by atoms with Gasteiger partial charge in [0.05, 0.1) is 6.04 Å². The number of amides is 1. The second kappa shape index (κ2) is 6.92. The molecular weight excluding hydrogens is 262 g/mol. The fraction of sp³-hybridized carbons (Fsp3) is 0.133. The number of carbonyl (C=O) groups excluding carboxylic acids is 1. The molecule has 3 N–H and O–H groups in total. The van der Waals surface area contributed by atoms with Crippen LogP contribution in [0, 0.1) is 0 Å². The van der Waals surface area contributed by atoms with E-state index in [-0.39, 0.29) is 17.4 Å². The lowest BCUT2D eigenvalue weighted by atomic mass is 10.1. The molecule has 0 heterocycles. The van der Waals surface area contributed by atoms with E-state index in [1.165, 1.54) is 0 Å². The zero-order chi connectivity index (χ0) is 13.0. The Bertz CT molecular complexity index is 543. The molecule has 1 amide bonds. The average molecular weight is 278 g/mol. The number of carbonyl (C=O) groups is 1. The van der Waals surface area contributed by atoms with Gasteiger partial charge in [0.25, 0.3) is 5.91 Å². The lowest BCUT2D eigenvalue weighted by Crippen LogP contribution is -2.26. The van der Waals surface area contributed by atoms with Crippen LogP contribution < -0.4 is 5.32 Å². The highest BCUT2D eigenvalue weighted by Crippen LogP contribution is 2.14. The Morgan fingerprint density at radius 2 is 1.79 bits per heavy atom. The highest BCUT2D eigenvalue weighted by Gasteiger charge is 2.11. The fourth-order valence-electron chi connectivity index (χ4n) is 1.73. The van der Waals surface area contributed by atoms with Gasteiger partial charge >= 0.3 is 0 Å². The summed E-state index contributed by atoms with van der Waals surface area (Å²) in [7, 11) is 0. The van der Waals surface area contributed by atoms with E-state index in [2.05, 4.69) is 5.32 Å². The van der Waals surface area contributed by atoms with Gasteiger partial charge in [-0.2, -0.15) is 0 Å². The Balaban J connectivity index is 0.00000180. The molecule has 2 aromatic rings. The van der Waals surface area contributed by atoms with Crippen LogP contribution in [0.2, 0.25) is 5.02 Å². The molecule has 100 valence electrons. The molecule has 0 radical (unpaired) electrons. The summed E-state index contributed by atoms with van der Waals surface area (Å²) < 4.78 is 0. The van der Waals surface area contributed by atoms with E-state index >= 15 is 0 Å². The van der Waals surface area contributed by atoms with E-state index in [9.17, 15) is 4.79 Å². The molecule has 2 aromatic carbocycles. The van der Waals surface area contributed by atoms with Crippen LogP contribution >= 0.6 is 11.6 Å². The van der Waals surface area contributed by atoms with Crippen molar-refractivity contribution in [3.8, 4) is 0 Å². The molecule has 0 saturated carbocycles. The van der Waals surface area contributed by atoms with Crippen molar-refractivity contribution in [1.29, 1.82) is 0 Å². The molecule has 1 unspecified atom stereocenters. The van der Waals surface area contributed by atoms with Crippen LogP contribution in [0.5, 0.6) is 0 Å². The van der Waals surface area contributed by atoms with Crippen LogP contribution in [0.4, 0.5) is 0 Å². The zero-order valence-electron chi connectivity index (χ0n) is 10.6. The monoisotopic (exact) mass is 277 g/mol. The average Bonchev–Trinajstić information content (AvgIpc) is 2.39. The van der Waals surface area contributed by atoms with Crippen LogP contribution in [-0.2, 0) is 0 Å². The van der Waals surface area contributed by atoms with Crippen molar-refractivity contribution in [2.24, 2.45) is 0 Å². The molecule has 0 bridgehead atoms. The number of hydrogen-bond acceptors (Lipinski definition) is 1. The number of hydrogen-bond donors (Lipinski definition) is 1. The summed E-state index contributed by atoms with van der Waals surface area (Å²) in [6.07, 6.45) is 0.